The first-order chi connectivity index (χ1) is 14.2. The van der Waals surface area contributed by atoms with Gasteiger partial charge in [0.2, 0.25) is 0 Å². The lowest BCUT2D eigenvalue weighted by molar-refractivity contribution is 0.102. The summed E-state index contributed by atoms with van der Waals surface area (Å²) in [5.74, 6) is -0.443. The zero-order valence-corrected chi connectivity index (χ0v) is 18.6. The highest BCUT2D eigenvalue weighted by atomic mass is 79.9. The summed E-state index contributed by atoms with van der Waals surface area (Å²) in [6.45, 7) is 3.44. The first kappa shape index (κ1) is 21.7. The molecule has 0 aliphatic rings. The molecule has 0 aliphatic carbocycles. The molecule has 3 aromatic rings. The Kier molecular flexibility index (Phi) is 6.64. The summed E-state index contributed by atoms with van der Waals surface area (Å²) in [5.41, 5.74) is 2.80. The Labute approximate surface area is 187 Å². The van der Waals surface area contributed by atoms with Crippen LogP contribution in [-0.4, -0.2) is 22.5 Å². The van der Waals surface area contributed by atoms with Crippen molar-refractivity contribution in [3.8, 4) is 0 Å². The number of rotatable bonds is 5. The number of nitrogens with one attached hydrogen (secondary N) is 3. The van der Waals surface area contributed by atoms with Crippen LogP contribution < -0.4 is 10.6 Å². The zero-order chi connectivity index (χ0) is 21.8. The Morgan fingerprint density at radius 2 is 1.67 bits per heavy atom. The van der Waals surface area contributed by atoms with E-state index in [1.807, 2.05) is 0 Å². The Hall–Kier alpha value is -3.03. The zero-order valence-electron chi connectivity index (χ0n) is 16.2. The van der Waals surface area contributed by atoms with E-state index >= 15 is 0 Å². The molecule has 0 atom stereocenters. The van der Waals surface area contributed by atoms with Gasteiger partial charge in [0.1, 0.15) is 5.82 Å². The summed E-state index contributed by atoms with van der Waals surface area (Å²) in [6.07, 6.45) is 1.57. The third-order valence-electron chi connectivity index (χ3n) is 4.33. The summed E-state index contributed by atoms with van der Waals surface area (Å²) >= 11 is 9.45. The van der Waals surface area contributed by atoms with Crippen LogP contribution in [0.1, 0.15) is 38.8 Å². The number of carbonyl (C=O) groups excluding carboxylic acids is 2. The predicted octanol–water partition coefficient (Wildman–Crippen LogP) is 5.70. The van der Waals surface area contributed by atoms with Gasteiger partial charge in [0, 0.05) is 27.0 Å². The van der Waals surface area contributed by atoms with E-state index in [1.54, 1.807) is 62.5 Å². The van der Waals surface area contributed by atoms with Crippen LogP contribution in [0.2, 0.25) is 5.02 Å². The number of hydrogen-bond donors (Lipinski definition) is 3. The molecule has 0 spiro atoms. The van der Waals surface area contributed by atoms with Crippen LogP contribution in [0.5, 0.6) is 0 Å². The highest BCUT2D eigenvalue weighted by Gasteiger charge is 2.18. The first-order valence-electron chi connectivity index (χ1n) is 8.94. The number of amides is 2. The van der Waals surface area contributed by atoms with Gasteiger partial charge >= 0.3 is 0 Å². The van der Waals surface area contributed by atoms with Crippen LogP contribution in [0.15, 0.2) is 59.2 Å². The summed E-state index contributed by atoms with van der Waals surface area (Å²) in [5, 5.41) is 13.6. The highest BCUT2D eigenvalue weighted by molar-refractivity contribution is 9.10. The number of hydrogen-bond acceptors (Lipinski definition) is 4. The lowest BCUT2D eigenvalue weighted by atomic mass is 10.1. The van der Waals surface area contributed by atoms with Crippen molar-refractivity contribution in [1.29, 1.82) is 5.41 Å². The minimum Gasteiger partial charge on any atom is -0.321 e. The maximum atomic E-state index is 12.9. The summed E-state index contributed by atoms with van der Waals surface area (Å²) in [6, 6.07) is 13.3. The van der Waals surface area contributed by atoms with Crippen molar-refractivity contribution >= 4 is 56.6 Å². The molecule has 1 aromatic heterocycles. The van der Waals surface area contributed by atoms with E-state index in [4.69, 9.17) is 17.0 Å². The number of nitrogens with zero attached hydrogens (tertiary/aromatic N) is 1. The van der Waals surface area contributed by atoms with Crippen molar-refractivity contribution < 1.29 is 9.59 Å². The molecule has 0 radical (unpaired) electrons. The Morgan fingerprint density at radius 1 is 1.00 bits per heavy atom. The standard InChI is InChI=1S/C22H18BrClN4O2/c1-12-9-17(24)10-18(22(30)27-19-8-7-16(23)11-26-19)20(12)28-21(29)15-5-3-14(4-6-15)13(2)25/h3-11,25H,1-2H3,(H,28,29)(H,26,27,30). The molecule has 0 saturated carbocycles. The molecule has 3 N–H and O–H groups in total. The van der Waals surface area contributed by atoms with Crippen LogP contribution in [0.4, 0.5) is 11.5 Å². The third kappa shape index (κ3) is 5.11. The fourth-order valence-corrected chi connectivity index (χ4v) is 3.29. The minimum absolute atomic E-state index is 0.227. The lowest BCUT2D eigenvalue weighted by Crippen LogP contribution is -2.19. The minimum atomic E-state index is -0.444. The van der Waals surface area contributed by atoms with Gasteiger partial charge in [-0.3, -0.25) is 9.59 Å². The Bertz CT molecular complexity index is 1130. The largest absolute Gasteiger partial charge is 0.321 e. The molecule has 0 unspecified atom stereocenters. The summed E-state index contributed by atoms with van der Waals surface area (Å²) in [7, 11) is 0. The van der Waals surface area contributed by atoms with Crippen LogP contribution in [0.3, 0.4) is 0 Å². The average Bonchev–Trinajstić information content (AvgIpc) is 2.71. The average molecular weight is 486 g/mol. The van der Waals surface area contributed by atoms with Gasteiger partial charge in [-0.2, -0.15) is 0 Å². The number of aromatic nitrogens is 1. The van der Waals surface area contributed by atoms with Gasteiger partial charge in [-0.15, -0.1) is 0 Å². The van der Waals surface area contributed by atoms with Crippen molar-refractivity contribution in [2.45, 2.75) is 13.8 Å². The van der Waals surface area contributed by atoms with Crippen LogP contribution in [0.25, 0.3) is 0 Å². The second kappa shape index (κ2) is 9.19. The van der Waals surface area contributed by atoms with E-state index in [9.17, 15) is 9.59 Å². The molecule has 152 valence electrons. The second-order valence-electron chi connectivity index (χ2n) is 6.62. The van der Waals surface area contributed by atoms with Gasteiger partial charge < -0.3 is 16.0 Å². The monoisotopic (exact) mass is 484 g/mol. The fraction of sp³-hybridized carbons (Fsp3) is 0.0909. The van der Waals surface area contributed by atoms with Crippen molar-refractivity contribution in [2.24, 2.45) is 0 Å². The number of carbonyl (C=O) groups is 2. The molecule has 30 heavy (non-hydrogen) atoms. The van der Waals surface area contributed by atoms with E-state index < -0.39 is 5.91 Å². The number of aryl methyl sites for hydroxylation is 1. The van der Waals surface area contributed by atoms with E-state index in [2.05, 4.69) is 31.5 Å². The van der Waals surface area contributed by atoms with Crippen molar-refractivity contribution in [1.82, 2.24) is 4.98 Å². The van der Waals surface area contributed by atoms with Gasteiger partial charge in [0.15, 0.2) is 0 Å². The molecular formula is C22H18BrClN4O2. The van der Waals surface area contributed by atoms with Gasteiger partial charge in [-0.25, -0.2) is 4.98 Å². The van der Waals surface area contributed by atoms with Crippen LogP contribution in [0, 0.1) is 12.3 Å². The topological polar surface area (TPSA) is 94.9 Å². The lowest BCUT2D eigenvalue weighted by Gasteiger charge is -2.15. The predicted molar refractivity (Wildman–Crippen MR) is 123 cm³/mol. The Morgan fingerprint density at radius 3 is 2.27 bits per heavy atom. The van der Waals surface area contributed by atoms with Gasteiger partial charge in [0.05, 0.1) is 11.3 Å². The SMILES string of the molecule is CC(=N)c1ccc(C(=O)Nc2c(C)cc(Cl)cc2C(=O)Nc2ccc(Br)cn2)cc1. The van der Waals surface area contributed by atoms with Crippen molar-refractivity contribution in [2.75, 3.05) is 10.6 Å². The molecule has 1 heterocycles. The number of benzene rings is 2. The van der Waals surface area contributed by atoms with Crippen LogP contribution >= 0.6 is 27.5 Å². The van der Waals surface area contributed by atoms with E-state index in [0.29, 0.717) is 33.4 Å². The van der Waals surface area contributed by atoms with E-state index in [1.165, 1.54) is 6.07 Å². The van der Waals surface area contributed by atoms with Gasteiger partial charge in [-0.1, -0.05) is 23.7 Å². The van der Waals surface area contributed by atoms with E-state index in [0.717, 1.165) is 10.0 Å². The fourth-order valence-electron chi connectivity index (χ4n) is 2.78. The maximum absolute atomic E-state index is 12.9. The van der Waals surface area contributed by atoms with Crippen LogP contribution in [-0.2, 0) is 0 Å². The van der Waals surface area contributed by atoms with Gasteiger partial charge in [0.25, 0.3) is 11.8 Å². The quantitative estimate of drug-likeness (QED) is 0.405. The number of anilines is 2. The second-order valence-corrected chi connectivity index (χ2v) is 7.97. The molecule has 0 saturated heterocycles. The number of pyridine rings is 1. The van der Waals surface area contributed by atoms with Crippen molar-refractivity contribution in [3.63, 3.8) is 0 Å². The third-order valence-corrected chi connectivity index (χ3v) is 5.02. The summed E-state index contributed by atoms with van der Waals surface area (Å²) in [4.78, 5) is 29.8. The van der Waals surface area contributed by atoms with E-state index in [-0.39, 0.29) is 11.5 Å². The highest BCUT2D eigenvalue weighted by Crippen LogP contribution is 2.27. The molecule has 2 aromatic carbocycles. The van der Waals surface area contributed by atoms with Crippen molar-refractivity contribution in [3.05, 3.63) is 86.5 Å². The van der Waals surface area contributed by atoms with Gasteiger partial charge in [-0.05, 0) is 77.3 Å². The molecule has 6 nitrogen and oxygen atoms in total. The normalized spacial score (nSPS) is 10.4. The Balaban J connectivity index is 1.88. The molecule has 2 amide bonds. The number of halogens is 2. The molecular weight excluding hydrogens is 468 g/mol. The molecule has 0 aliphatic heterocycles. The molecule has 8 heteroatoms. The maximum Gasteiger partial charge on any atom is 0.258 e. The first-order valence-corrected chi connectivity index (χ1v) is 10.1. The summed E-state index contributed by atoms with van der Waals surface area (Å²) < 4.78 is 0.788. The molecule has 0 bridgehead atoms. The smallest absolute Gasteiger partial charge is 0.258 e. The molecule has 0 fully saturated rings. The molecule has 3 rings (SSSR count).